The fourth-order valence-corrected chi connectivity index (χ4v) is 7.69. The molecule has 75 heavy (non-hydrogen) atoms. The quantitative estimate of drug-likeness (QED) is 0.0228. The van der Waals surface area contributed by atoms with E-state index in [-0.39, 0.29) is 25.9 Å². The van der Waals surface area contributed by atoms with Crippen LogP contribution in [0.15, 0.2) is 122 Å². The zero-order valence-electron chi connectivity index (χ0n) is 46.2. The van der Waals surface area contributed by atoms with Crippen LogP contribution in [0.4, 0.5) is 0 Å². The van der Waals surface area contributed by atoms with Crippen LogP contribution in [0, 0.1) is 0 Å². The summed E-state index contributed by atoms with van der Waals surface area (Å²) in [6.45, 7) is 5.62. The first kappa shape index (κ1) is 68.1. The van der Waals surface area contributed by atoms with Crippen LogP contribution >= 0.6 is 0 Å². The Labute approximate surface area is 452 Å². The van der Waals surface area contributed by atoms with Crippen LogP contribution in [0.3, 0.4) is 0 Å². The number of aliphatic carboxylic acids is 1. The van der Waals surface area contributed by atoms with Gasteiger partial charge in [-0.15, -0.1) is 0 Å². The number of carboxylic acid groups (broad SMARTS) is 1. The van der Waals surface area contributed by atoms with Crippen molar-refractivity contribution in [1.82, 2.24) is 0 Å². The van der Waals surface area contributed by atoms with Crippen molar-refractivity contribution in [3.63, 3.8) is 0 Å². The number of carboxylic acids is 1. The van der Waals surface area contributed by atoms with E-state index in [1.54, 1.807) is 0 Å². The highest BCUT2D eigenvalue weighted by molar-refractivity contribution is 5.74. The monoisotopic (exact) mass is 1050 g/mol. The summed E-state index contributed by atoms with van der Waals surface area (Å²) in [6, 6.07) is 0. The standard InChI is InChI=1S/C63H98O12/c1-4-7-10-13-16-19-22-25-26-27-28-29-30-33-34-37-40-43-46-49-55(64)71-52-54(73-56(65)50-47-44-41-38-35-31-23-20-17-14-11-8-5-2)53-72-63-61(59(68)58(67)60(75-63)62(69)70)74-57(66)51-48-45-42-39-36-32-24-21-18-15-12-9-6-3/h8-9,11-12,16-21,25-26,28-29,31-32,35-36,41,44,54,58-61,63,67-68H,4-7,10,13-15,22-24,27,30,33-34,37-40,42-43,45-53H2,1-3H3,(H,69,70)/b11-8-,12-9-,19-16-,20-17-,21-18-,26-25-,29-28-,35-31-,36-32-,44-41-. The number of esters is 3. The van der Waals surface area contributed by atoms with Crippen molar-refractivity contribution in [2.45, 2.75) is 237 Å². The molecule has 1 rings (SSSR count). The second-order valence-electron chi connectivity index (χ2n) is 18.8. The van der Waals surface area contributed by atoms with Crippen LogP contribution in [-0.4, -0.2) is 89.2 Å². The van der Waals surface area contributed by atoms with Crippen LogP contribution in [-0.2, 0) is 42.9 Å². The second kappa shape index (κ2) is 50.0. The Hall–Kier alpha value is -4.88. The van der Waals surface area contributed by atoms with Crippen LogP contribution in [0.1, 0.15) is 201 Å². The molecule has 3 N–H and O–H groups in total. The Bertz CT molecular complexity index is 1770. The third kappa shape index (κ3) is 40.1. The number of carbonyl (C=O) groups is 4. The molecular formula is C63H98O12. The van der Waals surface area contributed by atoms with E-state index >= 15 is 0 Å². The van der Waals surface area contributed by atoms with Gasteiger partial charge in [0.05, 0.1) is 6.61 Å². The molecule has 6 unspecified atom stereocenters. The zero-order chi connectivity index (χ0) is 54.7. The molecule has 1 heterocycles. The summed E-state index contributed by atoms with van der Waals surface area (Å²) in [6.07, 6.45) is 56.2. The Morgan fingerprint density at radius 1 is 0.453 bits per heavy atom. The van der Waals surface area contributed by atoms with Crippen molar-refractivity contribution in [1.29, 1.82) is 0 Å². The molecule has 0 aliphatic carbocycles. The normalized spacial score (nSPS) is 19.1. The van der Waals surface area contributed by atoms with E-state index in [4.69, 9.17) is 23.7 Å². The van der Waals surface area contributed by atoms with Gasteiger partial charge in [-0.05, 0) is 116 Å². The first-order valence-electron chi connectivity index (χ1n) is 28.5. The van der Waals surface area contributed by atoms with E-state index in [9.17, 15) is 34.5 Å². The van der Waals surface area contributed by atoms with Crippen molar-refractivity contribution in [2.24, 2.45) is 0 Å². The van der Waals surface area contributed by atoms with Gasteiger partial charge in [0.1, 0.15) is 18.8 Å². The SMILES string of the molecule is CC/C=C\C/C=C\C/C=C\C/C=C\CCC(=O)OC(COC(=O)CCCCCCCC/C=C\C/C=C\C/C=C\CCCCC)COC1OC(C(=O)O)C(O)C(O)C1OC(=O)CCCCC/C=C\C/C=C\C/C=C\CC. The largest absolute Gasteiger partial charge is 0.479 e. The Balaban J connectivity index is 2.75. The lowest BCUT2D eigenvalue weighted by Crippen LogP contribution is -2.61. The summed E-state index contributed by atoms with van der Waals surface area (Å²) in [4.78, 5) is 51.0. The highest BCUT2D eigenvalue weighted by Crippen LogP contribution is 2.26. The van der Waals surface area contributed by atoms with Crippen LogP contribution in [0.5, 0.6) is 0 Å². The molecule has 0 spiro atoms. The lowest BCUT2D eigenvalue weighted by Gasteiger charge is -2.40. The smallest absolute Gasteiger partial charge is 0.335 e. The minimum Gasteiger partial charge on any atom is -0.479 e. The van der Waals surface area contributed by atoms with E-state index in [2.05, 4.69) is 130 Å². The van der Waals surface area contributed by atoms with Crippen molar-refractivity contribution < 1.29 is 58.2 Å². The van der Waals surface area contributed by atoms with E-state index < -0.39 is 67.3 Å². The van der Waals surface area contributed by atoms with Gasteiger partial charge in [-0.1, -0.05) is 187 Å². The average molecular weight is 1050 g/mol. The lowest BCUT2D eigenvalue weighted by atomic mass is 9.98. The molecule has 0 amide bonds. The van der Waals surface area contributed by atoms with Gasteiger partial charge in [-0.25, -0.2) is 4.79 Å². The summed E-state index contributed by atoms with van der Waals surface area (Å²) in [5.74, 6) is -3.31. The molecule has 12 heteroatoms. The highest BCUT2D eigenvalue weighted by Gasteiger charge is 2.50. The summed E-state index contributed by atoms with van der Waals surface area (Å²) < 4.78 is 28.2. The van der Waals surface area contributed by atoms with Gasteiger partial charge in [0.25, 0.3) is 0 Å². The van der Waals surface area contributed by atoms with E-state index in [1.165, 1.54) is 25.7 Å². The Kier molecular flexibility index (Phi) is 45.4. The zero-order valence-corrected chi connectivity index (χ0v) is 46.2. The fourth-order valence-electron chi connectivity index (χ4n) is 7.69. The molecule has 1 fully saturated rings. The fraction of sp³-hybridized carbons (Fsp3) is 0.619. The Morgan fingerprint density at radius 2 is 0.867 bits per heavy atom. The summed E-state index contributed by atoms with van der Waals surface area (Å²) >= 11 is 0. The topological polar surface area (TPSA) is 175 Å². The van der Waals surface area contributed by atoms with Crippen molar-refractivity contribution in [3.8, 4) is 0 Å². The minimum absolute atomic E-state index is 0.00936. The Morgan fingerprint density at radius 3 is 1.35 bits per heavy atom. The third-order valence-electron chi connectivity index (χ3n) is 12.0. The molecular weight excluding hydrogens is 949 g/mol. The lowest BCUT2D eigenvalue weighted by molar-refractivity contribution is -0.301. The van der Waals surface area contributed by atoms with Crippen LogP contribution in [0.25, 0.3) is 0 Å². The van der Waals surface area contributed by atoms with E-state index in [1.807, 2.05) is 12.2 Å². The number of unbranched alkanes of at least 4 members (excludes halogenated alkanes) is 12. The first-order valence-corrected chi connectivity index (χ1v) is 28.5. The molecule has 422 valence electrons. The molecule has 1 saturated heterocycles. The highest BCUT2D eigenvalue weighted by atomic mass is 16.7. The second-order valence-corrected chi connectivity index (χ2v) is 18.8. The van der Waals surface area contributed by atoms with Crippen LogP contribution in [0.2, 0.25) is 0 Å². The predicted molar refractivity (Wildman–Crippen MR) is 303 cm³/mol. The minimum atomic E-state index is -1.93. The van der Waals surface area contributed by atoms with E-state index in [0.29, 0.717) is 25.7 Å². The maximum Gasteiger partial charge on any atom is 0.335 e. The first-order chi connectivity index (χ1) is 36.6. The molecule has 0 aromatic heterocycles. The maximum absolute atomic E-state index is 13.1. The molecule has 0 aromatic carbocycles. The van der Waals surface area contributed by atoms with Gasteiger partial charge in [0.15, 0.2) is 24.6 Å². The van der Waals surface area contributed by atoms with Crippen LogP contribution < -0.4 is 0 Å². The van der Waals surface area contributed by atoms with Gasteiger partial charge >= 0.3 is 23.9 Å². The molecule has 6 atom stereocenters. The molecule has 12 nitrogen and oxygen atoms in total. The molecule has 1 aliphatic heterocycles. The summed E-state index contributed by atoms with van der Waals surface area (Å²) in [5.41, 5.74) is 0. The van der Waals surface area contributed by atoms with Gasteiger partial charge in [-0.3, -0.25) is 14.4 Å². The van der Waals surface area contributed by atoms with Crippen molar-refractivity contribution >= 4 is 23.9 Å². The average Bonchev–Trinajstić information content (AvgIpc) is 3.39. The number of aliphatic hydroxyl groups is 2. The number of aliphatic hydroxyl groups excluding tert-OH is 2. The third-order valence-corrected chi connectivity index (χ3v) is 12.0. The molecule has 0 saturated carbocycles. The van der Waals surface area contributed by atoms with Gasteiger partial charge in [0.2, 0.25) is 0 Å². The summed E-state index contributed by atoms with van der Waals surface area (Å²) in [5, 5.41) is 31.4. The van der Waals surface area contributed by atoms with E-state index in [0.717, 1.165) is 109 Å². The predicted octanol–water partition coefficient (Wildman–Crippen LogP) is 14.4. The molecule has 0 bridgehead atoms. The number of carbonyl (C=O) groups excluding carboxylic acids is 3. The number of allylic oxidation sites excluding steroid dienone is 20. The number of hydrogen-bond donors (Lipinski definition) is 3. The number of hydrogen-bond acceptors (Lipinski definition) is 11. The maximum atomic E-state index is 13.1. The molecule has 0 aromatic rings. The van der Waals surface area contributed by atoms with Gasteiger partial charge in [0, 0.05) is 19.3 Å². The van der Waals surface area contributed by atoms with Gasteiger partial charge < -0.3 is 39.0 Å². The van der Waals surface area contributed by atoms with Crippen molar-refractivity contribution in [3.05, 3.63) is 122 Å². The molecule has 1 aliphatic rings. The number of rotatable bonds is 46. The summed E-state index contributed by atoms with van der Waals surface area (Å²) in [7, 11) is 0. The van der Waals surface area contributed by atoms with Gasteiger partial charge in [-0.2, -0.15) is 0 Å². The molecule has 0 radical (unpaired) electrons. The van der Waals surface area contributed by atoms with Crippen molar-refractivity contribution in [2.75, 3.05) is 13.2 Å². The number of ether oxygens (including phenoxy) is 5.